The van der Waals surface area contributed by atoms with Gasteiger partial charge in [0.2, 0.25) is 0 Å². The van der Waals surface area contributed by atoms with Gasteiger partial charge in [-0.2, -0.15) is 0 Å². The van der Waals surface area contributed by atoms with Crippen LogP contribution in [0.25, 0.3) is 0 Å². The summed E-state index contributed by atoms with van der Waals surface area (Å²) in [6.07, 6.45) is -1.52. The minimum Gasteiger partial charge on any atom is -0.321 e. The van der Waals surface area contributed by atoms with Crippen LogP contribution in [0.4, 0.5) is 22.0 Å². The molecule has 0 amide bonds. The fraction of sp³-hybridized carbons (Fsp3) is 0.400. The molecule has 88 valence electrons. The Labute approximate surface area is 88.1 Å². The van der Waals surface area contributed by atoms with E-state index in [0.29, 0.717) is 12.1 Å². The van der Waals surface area contributed by atoms with Crippen molar-refractivity contribution in [1.82, 2.24) is 0 Å². The van der Waals surface area contributed by atoms with Gasteiger partial charge in [-0.3, -0.25) is 0 Å². The number of hydrogen-bond acceptors (Lipinski definition) is 1. The maximum atomic E-state index is 13.3. The zero-order valence-electron chi connectivity index (χ0n) is 8.04. The normalized spacial score (nSPS) is 21.6. The van der Waals surface area contributed by atoms with Gasteiger partial charge >= 0.3 is 0 Å². The summed E-state index contributed by atoms with van der Waals surface area (Å²) in [6, 6.07) is 0.857. The van der Waals surface area contributed by atoms with Crippen molar-refractivity contribution in [3.8, 4) is 0 Å². The third-order valence-electron chi connectivity index (χ3n) is 2.69. The molecule has 1 aliphatic rings. The van der Waals surface area contributed by atoms with Gasteiger partial charge in [0.25, 0.3) is 5.92 Å². The quantitative estimate of drug-likeness (QED) is 0.589. The SMILES string of the molecule is NC1(c2cc(F)c(F)cc2F)CC(F)(F)C1. The molecular weight excluding hydrogens is 229 g/mol. The van der Waals surface area contributed by atoms with E-state index in [1.165, 1.54) is 0 Å². The lowest BCUT2D eigenvalue weighted by Gasteiger charge is -2.44. The molecule has 0 saturated heterocycles. The smallest absolute Gasteiger partial charge is 0.252 e. The van der Waals surface area contributed by atoms with E-state index in [4.69, 9.17) is 5.73 Å². The van der Waals surface area contributed by atoms with E-state index in [9.17, 15) is 22.0 Å². The monoisotopic (exact) mass is 237 g/mol. The average Bonchev–Trinajstić information content (AvgIpc) is 2.07. The Balaban J connectivity index is 2.39. The molecule has 0 aliphatic heterocycles. The molecule has 1 saturated carbocycles. The van der Waals surface area contributed by atoms with Crippen LogP contribution in [0.2, 0.25) is 0 Å². The van der Waals surface area contributed by atoms with Crippen LogP contribution in [0.5, 0.6) is 0 Å². The third kappa shape index (κ3) is 1.67. The van der Waals surface area contributed by atoms with Gasteiger partial charge in [0.15, 0.2) is 11.6 Å². The van der Waals surface area contributed by atoms with E-state index in [0.717, 1.165) is 0 Å². The van der Waals surface area contributed by atoms with Crippen molar-refractivity contribution in [3.05, 3.63) is 35.1 Å². The maximum absolute atomic E-state index is 13.3. The molecule has 1 fully saturated rings. The molecule has 1 aliphatic carbocycles. The van der Waals surface area contributed by atoms with Crippen molar-refractivity contribution in [2.24, 2.45) is 5.73 Å². The lowest BCUT2D eigenvalue weighted by molar-refractivity contribution is -0.125. The van der Waals surface area contributed by atoms with Gasteiger partial charge in [-0.25, -0.2) is 22.0 Å². The summed E-state index contributed by atoms with van der Waals surface area (Å²) in [7, 11) is 0. The molecule has 0 heterocycles. The zero-order valence-corrected chi connectivity index (χ0v) is 8.04. The molecule has 6 heteroatoms. The van der Waals surface area contributed by atoms with Gasteiger partial charge in [-0.15, -0.1) is 0 Å². The molecule has 0 spiro atoms. The molecule has 16 heavy (non-hydrogen) atoms. The minimum atomic E-state index is -2.97. The molecule has 0 atom stereocenters. The molecule has 2 rings (SSSR count). The van der Waals surface area contributed by atoms with E-state index in [1.54, 1.807) is 0 Å². The number of hydrogen-bond donors (Lipinski definition) is 1. The van der Waals surface area contributed by atoms with Gasteiger partial charge in [0, 0.05) is 24.5 Å². The van der Waals surface area contributed by atoms with Crippen molar-refractivity contribution in [2.45, 2.75) is 24.3 Å². The van der Waals surface area contributed by atoms with Crippen LogP contribution >= 0.6 is 0 Å². The molecule has 0 radical (unpaired) electrons. The van der Waals surface area contributed by atoms with Crippen LogP contribution in [0.3, 0.4) is 0 Å². The summed E-state index contributed by atoms with van der Waals surface area (Å²) >= 11 is 0. The third-order valence-corrected chi connectivity index (χ3v) is 2.69. The number of nitrogens with two attached hydrogens (primary N) is 1. The Kier molecular flexibility index (Phi) is 2.24. The van der Waals surface area contributed by atoms with E-state index < -0.39 is 47.3 Å². The van der Waals surface area contributed by atoms with Crippen molar-refractivity contribution >= 4 is 0 Å². The lowest BCUT2D eigenvalue weighted by atomic mass is 9.69. The summed E-state index contributed by atoms with van der Waals surface area (Å²) in [5.41, 5.74) is 3.50. The Hall–Kier alpha value is -1.17. The number of alkyl halides is 2. The summed E-state index contributed by atoms with van der Waals surface area (Å²) < 4.78 is 64.1. The fourth-order valence-electron chi connectivity index (χ4n) is 1.97. The molecular formula is C10H8F5N. The highest BCUT2D eigenvalue weighted by Gasteiger charge is 2.56. The molecule has 1 nitrogen and oxygen atoms in total. The molecule has 0 bridgehead atoms. The first-order valence-corrected chi connectivity index (χ1v) is 4.55. The average molecular weight is 237 g/mol. The fourth-order valence-corrected chi connectivity index (χ4v) is 1.97. The van der Waals surface area contributed by atoms with Crippen LogP contribution in [0, 0.1) is 17.5 Å². The van der Waals surface area contributed by atoms with Gasteiger partial charge in [-0.1, -0.05) is 0 Å². The minimum absolute atomic E-state index is 0.315. The molecule has 2 N–H and O–H groups in total. The van der Waals surface area contributed by atoms with Crippen LogP contribution < -0.4 is 5.73 Å². The Morgan fingerprint density at radius 3 is 1.94 bits per heavy atom. The van der Waals surface area contributed by atoms with E-state index in [-0.39, 0.29) is 0 Å². The Morgan fingerprint density at radius 2 is 1.44 bits per heavy atom. The van der Waals surface area contributed by atoms with Crippen LogP contribution in [0.1, 0.15) is 18.4 Å². The van der Waals surface area contributed by atoms with E-state index >= 15 is 0 Å². The first-order chi connectivity index (χ1) is 7.23. The summed E-state index contributed by atoms with van der Waals surface area (Å²) in [6.45, 7) is 0. The first kappa shape index (κ1) is 11.3. The van der Waals surface area contributed by atoms with Crippen LogP contribution in [-0.2, 0) is 5.54 Å². The summed E-state index contributed by atoms with van der Waals surface area (Å²) in [5.74, 6) is -6.73. The summed E-state index contributed by atoms with van der Waals surface area (Å²) in [4.78, 5) is 0. The predicted molar refractivity (Wildman–Crippen MR) is 46.4 cm³/mol. The first-order valence-electron chi connectivity index (χ1n) is 4.55. The highest BCUT2D eigenvalue weighted by molar-refractivity contribution is 5.31. The second-order valence-corrected chi connectivity index (χ2v) is 4.11. The molecule has 1 aromatic rings. The number of benzene rings is 1. The van der Waals surface area contributed by atoms with E-state index in [2.05, 4.69) is 0 Å². The van der Waals surface area contributed by atoms with Crippen molar-refractivity contribution in [3.63, 3.8) is 0 Å². The topological polar surface area (TPSA) is 26.0 Å². The number of rotatable bonds is 1. The highest BCUT2D eigenvalue weighted by atomic mass is 19.3. The zero-order chi connectivity index (χ0) is 12.1. The van der Waals surface area contributed by atoms with Crippen molar-refractivity contribution in [2.75, 3.05) is 0 Å². The second kappa shape index (κ2) is 3.16. The molecule has 0 aromatic heterocycles. The lowest BCUT2D eigenvalue weighted by Crippen LogP contribution is -2.56. The Bertz CT molecular complexity index is 435. The maximum Gasteiger partial charge on any atom is 0.252 e. The number of halogens is 5. The Morgan fingerprint density at radius 1 is 0.938 bits per heavy atom. The van der Waals surface area contributed by atoms with Crippen LogP contribution in [0.15, 0.2) is 12.1 Å². The highest BCUT2D eigenvalue weighted by Crippen LogP contribution is 2.50. The molecule has 1 aromatic carbocycles. The van der Waals surface area contributed by atoms with Gasteiger partial charge < -0.3 is 5.73 Å². The van der Waals surface area contributed by atoms with Gasteiger partial charge in [0.05, 0.1) is 5.54 Å². The predicted octanol–water partition coefficient (Wildman–Crippen LogP) is 2.69. The van der Waals surface area contributed by atoms with Gasteiger partial charge in [0.1, 0.15) is 5.82 Å². The van der Waals surface area contributed by atoms with Gasteiger partial charge in [-0.05, 0) is 6.07 Å². The standard InChI is InChI=1S/C10H8F5N/c11-6-2-8(13)7(12)1-5(6)9(16)3-10(14,15)4-9/h1-2H,3-4,16H2. The molecule has 0 unspecified atom stereocenters. The summed E-state index contributed by atoms with van der Waals surface area (Å²) in [5, 5.41) is 0. The van der Waals surface area contributed by atoms with Crippen LogP contribution in [-0.4, -0.2) is 5.92 Å². The second-order valence-electron chi connectivity index (χ2n) is 4.11. The van der Waals surface area contributed by atoms with E-state index in [1.807, 2.05) is 0 Å². The van der Waals surface area contributed by atoms with Crippen molar-refractivity contribution in [1.29, 1.82) is 0 Å². The van der Waals surface area contributed by atoms with Crippen molar-refractivity contribution < 1.29 is 22.0 Å². The largest absolute Gasteiger partial charge is 0.321 e.